The van der Waals surface area contributed by atoms with Gasteiger partial charge in [0.05, 0.1) is 31.7 Å². The molecular formula is C26H34N6O2. The zero-order valence-electron chi connectivity index (χ0n) is 20.2. The standard InChI is InChI=1S/C26H34N6O2/c1-4-34-19(3)23-17-32(20-7-5-6-8-20)25-22(18(23)2)16-28-26(30-25)29-24-10-9-21(15-27-24)31-11-13-33-14-12-31/h9-10,15-16,20H,3-8,11-14,17H2,1-2H3,(H,27,28,29,30). The van der Waals surface area contributed by atoms with Gasteiger partial charge in [-0.2, -0.15) is 4.98 Å². The van der Waals surface area contributed by atoms with Crippen LogP contribution in [0.25, 0.3) is 5.57 Å². The predicted molar refractivity (Wildman–Crippen MR) is 136 cm³/mol. The summed E-state index contributed by atoms with van der Waals surface area (Å²) >= 11 is 0. The molecule has 8 heteroatoms. The van der Waals surface area contributed by atoms with Gasteiger partial charge in [0.1, 0.15) is 17.4 Å². The van der Waals surface area contributed by atoms with Gasteiger partial charge >= 0.3 is 0 Å². The molecule has 0 bridgehead atoms. The molecule has 0 amide bonds. The lowest BCUT2D eigenvalue weighted by Gasteiger charge is -2.37. The summed E-state index contributed by atoms with van der Waals surface area (Å²) in [6.07, 6.45) is 8.71. The van der Waals surface area contributed by atoms with Crippen molar-refractivity contribution in [1.82, 2.24) is 15.0 Å². The van der Waals surface area contributed by atoms with Gasteiger partial charge in [0.15, 0.2) is 0 Å². The number of anilines is 4. The first-order valence-corrected chi connectivity index (χ1v) is 12.4. The van der Waals surface area contributed by atoms with Crippen LogP contribution in [0.2, 0.25) is 0 Å². The molecule has 8 nitrogen and oxygen atoms in total. The van der Waals surface area contributed by atoms with E-state index in [9.17, 15) is 0 Å². The number of ether oxygens (including phenoxy) is 2. The van der Waals surface area contributed by atoms with Crippen molar-refractivity contribution in [1.29, 1.82) is 0 Å². The fourth-order valence-electron chi connectivity index (χ4n) is 5.10. The van der Waals surface area contributed by atoms with Gasteiger partial charge < -0.3 is 24.6 Å². The molecule has 0 aromatic carbocycles. The van der Waals surface area contributed by atoms with Gasteiger partial charge in [0.25, 0.3) is 0 Å². The smallest absolute Gasteiger partial charge is 0.230 e. The highest BCUT2D eigenvalue weighted by atomic mass is 16.5. The van der Waals surface area contributed by atoms with Crippen molar-refractivity contribution in [2.24, 2.45) is 0 Å². The van der Waals surface area contributed by atoms with Gasteiger partial charge in [-0.1, -0.05) is 19.4 Å². The predicted octanol–water partition coefficient (Wildman–Crippen LogP) is 4.54. The maximum atomic E-state index is 5.78. The maximum Gasteiger partial charge on any atom is 0.230 e. The highest BCUT2D eigenvalue weighted by Gasteiger charge is 2.32. The van der Waals surface area contributed by atoms with Crippen LogP contribution in [-0.2, 0) is 9.47 Å². The van der Waals surface area contributed by atoms with Gasteiger partial charge in [-0.3, -0.25) is 0 Å². The van der Waals surface area contributed by atoms with Crippen LogP contribution in [0.3, 0.4) is 0 Å². The van der Waals surface area contributed by atoms with E-state index >= 15 is 0 Å². The Morgan fingerprint density at radius 1 is 1.18 bits per heavy atom. The highest BCUT2D eigenvalue weighted by molar-refractivity contribution is 5.82. The molecule has 0 atom stereocenters. The fraction of sp³-hybridized carbons (Fsp3) is 0.500. The van der Waals surface area contributed by atoms with Crippen LogP contribution >= 0.6 is 0 Å². The first-order chi connectivity index (χ1) is 16.6. The lowest BCUT2D eigenvalue weighted by molar-refractivity contribution is 0.122. The van der Waals surface area contributed by atoms with E-state index in [-0.39, 0.29) is 0 Å². The zero-order valence-corrected chi connectivity index (χ0v) is 20.2. The number of fused-ring (bicyclic) bond motifs is 1. The van der Waals surface area contributed by atoms with Crippen molar-refractivity contribution in [3.63, 3.8) is 0 Å². The number of nitrogens with zero attached hydrogens (tertiary/aromatic N) is 5. The van der Waals surface area contributed by atoms with E-state index < -0.39 is 0 Å². The second-order valence-electron chi connectivity index (χ2n) is 9.08. The Labute approximate surface area is 201 Å². The SMILES string of the molecule is C=C(OCC)C1=C(C)c2cnc(Nc3ccc(N4CCOCC4)cn3)nc2N(C2CCCC2)C1. The van der Waals surface area contributed by atoms with Crippen molar-refractivity contribution in [3.8, 4) is 0 Å². The Kier molecular flexibility index (Phi) is 6.67. The number of hydrogen-bond donors (Lipinski definition) is 1. The summed E-state index contributed by atoms with van der Waals surface area (Å²) in [4.78, 5) is 18.9. The minimum Gasteiger partial charge on any atom is -0.494 e. The van der Waals surface area contributed by atoms with Crippen molar-refractivity contribution < 1.29 is 9.47 Å². The van der Waals surface area contributed by atoms with Crippen molar-refractivity contribution in [2.75, 3.05) is 54.6 Å². The molecule has 2 aliphatic heterocycles. The Morgan fingerprint density at radius 2 is 1.97 bits per heavy atom. The number of aromatic nitrogens is 3. The second kappa shape index (κ2) is 10.0. The molecule has 3 aliphatic rings. The molecule has 2 aromatic rings. The Balaban J connectivity index is 1.40. The molecule has 0 radical (unpaired) electrons. The summed E-state index contributed by atoms with van der Waals surface area (Å²) in [6.45, 7) is 13.0. The summed E-state index contributed by atoms with van der Waals surface area (Å²) in [6, 6.07) is 4.55. The summed E-state index contributed by atoms with van der Waals surface area (Å²) < 4.78 is 11.2. The topological polar surface area (TPSA) is 75.6 Å². The number of hydrogen-bond acceptors (Lipinski definition) is 8. The number of allylic oxidation sites excluding steroid dienone is 1. The second-order valence-corrected chi connectivity index (χ2v) is 9.08. The van der Waals surface area contributed by atoms with Crippen LogP contribution in [-0.4, -0.2) is 60.4 Å². The van der Waals surface area contributed by atoms with E-state index in [1.165, 1.54) is 25.7 Å². The van der Waals surface area contributed by atoms with Gasteiger partial charge in [-0.25, -0.2) is 9.97 Å². The monoisotopic (exact) mass is 462 g/mol. The van der Waals surface area contributed by atoms with Crippen LogP contribution in [0.15, 0.2) is 42.4 Å². The third-order valence-electron chi connectivity index (χ3n) is 7.01. The third kappa shape index (κ3) is 4.59. The molecule has 4 heterocycles. The molecule has 1 N–H and O–H groups in total. The first-order valence-electron chi connectivity index (χ1n) is 12.4. The molecule has 5 rings (SSSR count). The van der Waals surface area contributed by atoms with E-state index in [0.717, 1.165) is 72.6 Å². The molecule has 0 unspecified atom stereocenters. The van der Waals surface area contributed by atoms with E-state index in [1.54, 1.807) is 0 Å². The molecule has 1 aliphatic carbocycles. The molecule has 0 spiro atoms. The molecule has 1 saturated carbocycles. The van der Waals surface area contributed by atoms with Crippen molar-refractivity contribution in [3.05, 3.63) is 48.0 Å². The van der Waals surface area contributed by atoms with Crippen molar-refractivity contribution in [2.45, 2.75) is 45.6 Å². The van der Waals surface area contributed by atoms with Gasteiger partial charge in [0.2, 0.25) is 5.95 Å². The van der Waals surface area contributed by atoms with Crippen LogP contribution in [0.5, 0.6) is 0 Å². The van der Waals surface area contributed by atoms with Gasteiger partial charge in [-0.05, 0) is 44.4 Å². The maximum absolute atomic E-state index is 5.78. The first kappa shape index (κ1) is 22.7. The van der Waals surface area contributed by atoms with Crippen molar-refractivity contribution >= 4 is 28.8 Å². The van der Waals surface area contributed by atoms with Gasteiger partial charge in [-0.15, -0.1) is 0 Å². The van der Waals surface area contributed by atoms with Crippen LogP contribution in [0, 0.1) is 0 Å². The molecule has 1 saturated heterocycles. The molecule has 2 aromatic heterocycles. The average molecular weight is 463 g/mol. The minimum absolute atomic E-state index is 0.477. The normalized spacial score (nSPS) is 18.8. The van der Waals surface area contributed by atoms with E-state index in [0.29, 0.717) is 18.6 Å². The van der Waals surface area contributed by atoms with Crippen LogP contribution < -0.4 is 15.1 Å². The largest absolute Gasteiger partial charge is 0.494 e. The highest BCUT2D eigenvalue weighted by Crippen LogP contribution is 2.40. The van der Waals surface area contributed by atoms with Crippen LogP contribution in [0.4, 0.5) is 23.3 Å². The number of rotatable bonds is 7. The number of pyridine rings is 1. The third-order valence-corrected chi connectivity index (χ3v) is 7.01. The summed E-state index contributed by atoms with van der Waals surface area (Å²) in [5, 5.41) is 3.30. The number of nitrogens with one attached hydrogen (secondary N) is 1. The molecule has 180 valence electrons. The van der Waals surface area contributed by atoms with Gasteiger partial charge in [0, 0.05) is 43.0 Å². The molecule has 34 heavy (non-hydrogen) atoms. The number of morpholine rings is 1. The van der Waals surface area contributed by atoms with Crippen LogP contribution in [0.1, 0.15) is 45.1 Å². The van der Waals surface area contributed by atoms with E-state index in [4.69, 9.17) is 14.5 Å². The quantitative estimate of drug-likeness (QED) is 0.601. The zero-order chi connectivity index (χ0) is 23.5. The van der Waals surface area contributed by atoms with E-state index in [1.807, 2.05) is 25.4 Å². The fourth-order valence-corrected chi connectivity index (χ4v) is 5.10. The summed E-state index contributed by atoms with van der Waals surface area (Å²) in [7, 11) is 0. The minimum atomic E-state index is 0.477. The lowest BCUT2D eigenvalue weighted by Crippen LogP contribution is -2.39. The van der Waals surface area contributed by atoms with E-state index in [2.05, 4.69) is 44.7 Å². The molecular weight excluding hydrogens is 428 g/mol. The molecule has 2 fully saturated rings. The Bertz CT molecular complexity index is 1060. The Hall–Kier alpha value is -3.13. The average Bonchev–Trinajstić information content (AvgIpc) is 3.40. The lowest BCUT2D eigenvalue weighted by atomic mass is 9.95. The summed E-state index contributed by atoms with van der Waals surface area (Å²) in [5.74, 6) is 3.03. The summed E-state index contributed by atoms with van der Waals surface area (Å²) in [5.41, 5.74) is 4.44. The Morgan fingerprint density at radius 3 is 2.68 bits per heavy atom.